The molecule has 0 spiro atoms. The fourth-order valence-electron chi connectivity index (χ4n) is 4.19. The molecule has 0 unspecified atom stereocenters. The van der Waals surface area contributed by atoms with Gasteiger partial charge in [-0.2, -0.15) is 0 Å². The quantitative estimate of drug-likeness (QED) is 0.560. The molecule has 2 aromatic rings. The highest BCUT2D eigenvalue weighted by atomic mass is 16.5. The topological polar surface area (TPSA) is 68.3 Å². The van der Waals surface area contributed by atoms with Crippen LogP contribution in [-0.4, -0.2) is 55.5 Å². The predicted molar refractivity (Wildman–Crippen MR) is 120 cm³/mol. The molecule has 2 amide bonds. The summed E-state index contributed by atoms with van der Waals surface area (Å²) in [5, 5.41) is 0. The Morgan fingerprint density at radius 1 is 1.06 bits per heavy atom. The highest BCUT2D eigenvalue weighted by Gasteiger charge is 2.28. The molecule has 1 atom stereocenters. The third-order valence-corrected chi connectivity index (χ3v) is 6.24. The second-order valence-corrected chi connectivity index (χ2v) is 8.33. The molecule has 32 heavy (non-hydrogen) atoms. The SMILES string of the molecule is COc1cc(CN(C)[C@@H](C)c2ccc3c(c2)CCO3)ccc1OCCN1C(=O)CCC1=O. The largest absolute Gasteiger partial charge is 0.493 e. The summed E-state index contributed by atoms with van der Waals surface area (Å²) in [6.45, 7) is 4.22. The van der Waals surface area contributed by atoms with E-state index < -0.39 is 0 Å². The van der Waals surface area contributed by atoms with Crippen molar-refractivity contribution in [3.8, 4) is 17.2 Å². The summed E-state index contributed by atoms with van der Waals surface area (Å²) in [5.41, 5.74) is 3.66. The van der Waals surface area contributed by atoms with E-state index in [4.69, 9.17) is 14.2 Å². The lowest BCUT2D eigenvalue weighted by Crippen LogP contribution is -2.33. The van der Waals surface area contributed by atoms with Crippen LogP contribution in [0, 0.1) is 0 Å². The van der Waals surface area contributed by atoms with E-state index in [1.54, 1.807) is 7.11 Å². The number of hydrogen-bond donors (Lipinski definition) is 0. The Morgan fingerprint density at radius 2 is 1.84 bits per heavy atom. The highest BCUT2D eigenvalue weighted by molar-refractivity contribution is 6.01. The van der Waals surface area contributed by atoms with Crippen molar-refractivity contribution in [2.75, 3.05) is 33.9 Å². The first-order valence-electron chi connectivity index (χ1n) is 11.0. The van der Waals surface area contributed by atoms with Crippen LogP contribution in [0.5, 0.6) is 17.2 Å². The minimum absolute atomic E-state index is 0.131. The molecule has 2 aliphatic heterocycles. The van der Waals surface area contributed by atoms with Gasteiger partial charge in [0.15, 0.2) is 11.5 Å². The number of likely N-dealkylation sites (tertiary alicyclic amines) is 1. The molecule has 0 N–H and O–H groups in total. The summed E-state index contributed by atoms with van der Waals surface area (Å²) in [6.07, 6.45) is 1.56. The van der Waals surface area contributed by atoms with Gasteiger partial charge >= 0.3 is 0 Å². The number of carbonyl (C=O) groups is 2. The average molecular weight is 439 g/mol. The van der Waals surface area contributed by atoms with Gasteiger partial charge in [0, 0.05) is 31.8 Å². The van der Waals surface area contributed by atoms with Crippen molar-refractivity contribution in [1.82, 2.24) is 9.80 Å². The first-order chi connectivity index (χ1) is 15.5. The van der Waals surface area contributed by atoms with Crippen molar-refractivity contribution in [3.63, 3.8) is 0 Å². The standard InChI is InChI=1S/C25H30N2O5/c1-17(19-5-7-21-20(15-19)10-12-31-21)26(2)16-18-4-6-22(23(14-18)30-3)32-13-11-27-24(28)8-9-25(27)29/h4-7,14-15,17H,8-13,16H2,1-3H3/t17-/m0/s1. The van der Waals surface area contributed by atoms with Gasteiger partial charge in [-0.3, -0.25) is 19.4 Å². The molecule has 0 aliphatic carbocycles. The zero-order valence-corrected chi connectivity index (χ0v) is 18.9. The first-order valence-corrected chi connectivity index (χ1v) is 11.0. The van der Waals surface area contributed by atoms with Crippen LogP contribution in [0.15, 0.2) is 36.4 Å². The maximum Gasteiger partial charge on any atom is 0.229 e. The van der Waals surface area contributed by atoms with E-state index in [0.29, 0.717) is 24.3 Å². The second kappa shape index (κ2) is 9.61. The highest BCUT2D eigenvalue weighted by Crippen LogP contribution is 2.32. The van der Waals surface area contributed by atoms with E-state index in [0.717, 1.165) is 30.9 Å². The lowest BCUT2D eigenvalue weighted by Gasteiger charge is -2.26. The number of methoxy groups -OCH3 is 1. The third-order valence-electron chi connectivity index (χ3n) is 6.24. The summed E-state index contributed by atoms with van der Waals surface area (Å²) in [4.78, 5) is 27.0. The molecule has 0 aromatic heterocycles. The van der Waals surface area contributed by atoms with E-state index in [2.05, 4.69) is 37.1 Å². The fraction of sp³-hybridized carbons (Fsp3) is 0.440. The van der Waals surface area contributed by atoms with Crippen LogP contribution in [0.3, 0.4) is 0 Å². The average Bonchev–Trinajstić information content (AvgIpc) is 3.40. The number of ether oxygens (including phenoxy) is 3. The van der Waals surface area contributed by atoms with Gasteiger partial charge in [0.2, 0.25) is 11.8 Å². The number of amides is 2. The Bertz CT molecular complexity index is 990. The molecule has 2 aliphatic rings. The monoisotopic (exact) mass is 438 g/mol. The summed E-state index contributed by atoms with van der Waals surface area (Å²) >= 11 is 0. The number of benzene rings is 2. The Kier molecular flexibility index (Phi) is 6.65. The third kappa shape index (κ3) is 4.72. The van der Waals surface area contributed by atoms with E-state index >= 15 is 0 Å². The molecule has 0 saturated carbocycles. The van der Waals surface area contributed by atoms with Crippen LogP contribution >= 0.6 is 0 Å². The lowest BCUT2D eigenvalue weighted by atomic mass is 10.0. The lowest BCUT2D eigenvalue weighted by molar-refractivity contribution is -0.138. The van der Waals surface area contributed by atoms with Crippen LogP contribution in [0.4, 0.5) is 0 Å². The van der Waals surface area contributed by atoms with Gasteiger partial charge in [-0.15, -0.1) is 0 Å². The predicted octanol–water partition coefficient (Wildman–Crippen LogP) is 3.35. The van der Waals surface area contributed by atoms with Crippen molar-refractivity contribution in [1.29, 1.82) is 0 Å². The van der Waals surface area contributed by atoms with E-state index in [1.165, 1.54) is 16.0 Å². The summed E-state index contributed by atoms with van der Waals surface area (Å²) in [6, 6.07) is 12.6. The van der Waals surface area contributed by atoms with Crippen LogP contribution in [0.1, 0.15) is 42.5 Å². The van der Waals surface area contributed by atoms with Gasteiger partial charge in [-0.05, 0) is 48.9 Å². The van der Waals surface area contributed by atoms with Gasteiger partial charge in [0.05, 0.1) is 20.3 Å². The van der Waals surface area contributed by atoms with Gasteiger partial charge in [-0.25, -0.2) is 0 Å². The molecule has 170 valence electrons. The van der Waals surface area contributed by atoms with E-state index in [-0.39, 0.29) is 31.0 Å². The molecular weight excluding hydrogens is 408 g/mol. The summed E-state index contributed by atoms with van der Waals surface area (Å²) < 4.78 is 17.0. The summed E-state index contributed by atoms with van der Waals surface area (Å²) in [7, 11) is 3.72. The maximum atomic E-state index is 11.7. The number of nitrogens with zero attached hydrogens (tertiary/aromatic N) is 2. The van der Waals surface area contributed by atoms with Crippen LogP contribution < -0.4 is 14.2 Å². The van der Waals surface area contributed by atoms with Crippen LogP contribution in [-0.2, 0) is 22.6 Å². The minimum Gasteiger partial charge on any atom is -0.493 e. The summed E-state index contributed by atoms with van der Waals surface area (Å²) in [5.74, 6) is 1.98. The molecule has 2 aromatic carbocycles. The van der Waals surface area contributed by atoms with Gasteiger partial charge in [0.25, 0.3) is 0 Å². The molecule has 2 heterocycles. The van der Waals surface area contributed by atoms with Gasteiger partial charge in [0.1, 0.15) is 12.4 Å². The molecule has 1 fully saturated rings. The minimum atomic E-state index is -0.131. The number of hydrogen-bond acceptors (Lipinski definition) is 6. The fourth-order valence-corrected chi connectivity index (χ4v) is 4.19. The number of imide groups is 1. The van der Waals surface area contributed by atoms with Crippen molar-refractivity contribution in [2.24, 2.45) is 0 Å². The Morgan fingerprint density at radius 3 is 2.59 bits per heavy atom. The van der Waals surface area contributed by atoms with Crippen LogP contribution in [0.2, 0.25) is 0 Å². The molecule has 4 rings (SSSR count). The molecule has 7 nitrogen and oxygen atoms in total. The van der Waals surface area contributed by atoms with Crippen molar-refractivity contribution in [3.05, 3.63) is 53.1 Å². The maximum absolute atomic E-state index is 11.7. The van der Waals surface area contributed by atoms with Crippen molar-refractivity contribution >= 4 is 11.8 Å². The first kappa shape index (κ1) is 22.1. The van der Waals surface area contributed by atoms with Gasteiger partial charge in [-0.1, -0.05) is 18.2 Å². The van der Waals surface area contributed by atoms with Crippen molar-refractivity contribution in [2.45, 2.75) is 38.8 Å². The van der Waals surface area contributed by atoms with E-state index in [1.807, 2.05) is 18.2 Å². The Balaban J connectivity index is 1.36. The number of rotatable bonds is 9. The second-order valence-electron chi connectivity index (χ2n) is 8.33. The smallest absolute Gasteiger partial charge is 0.229 e. The Hall–Kier alpha value is -3.06. The molecule has 0 radical (unpaired) electrons. The van der Waals surface area contributed by atoms with Crippen LogP contribution in [0.25, 0.3) is 0 Å². The van der Waals surface area contributed by atoms with Crippen molar-refractivity contribution < 1.29 is 23.8 Å². The molecule has 1 saturated heterocycles. The van der Waals surface area contributed by atoms with Gasteiger partial charge < -0.3 is 14.2 Å². The van der Waals surface area contributed by atoms with E-state index in [9.17, 15) is 9.59 Å². The molecule has 0 bridgehead atoms. The number of fused-ring (bicyclic) bond motifs is 1. The normalized spacial score (nSPS) is 16.3. The number of carbonyl (C=O) groups excluding carboxylic acids is 2. The zero-order chi connectivity index (χ0) is 22.7. The zero-order valence-electron chi connectivity index (χ0n) is 18.9. The molecular formula is C25H30N2O5. The Labute approximate surface area is 188 Å². The molecule has 7 heteroatoms.